The van der Waals surface area contributed by atoms with Crippen molar-refractivity contribution in [1.29, 1.82) is 0 Å². The number of amides is 3. The van der Waals surface area contributed by atoms with Crippen LogP contribution in [0, 0.1) is 5.82 Å². The van der Waals surface area contributed by atoms with Crippen LogP contribution in [0.15, 0.2) is 83.4 Å². The molecule has 0 bridgehead atoms. The molecule has 184 valence electrons. The highest BCUT2D eigenvalue weighted by Gasteiger charge is 2.20. The first-order valence-electron chi connectivity index (χ1n) is 11.2. The molecule has 0 saturated carbocycles. The van der Waals surface area contributed by atoms with Gasteiger partial charge < -0.3 is 19.9 Å². The molecule has 0 unspecified atom stereocenters. The third-order valence-corrected chi connectivity index (χ3v) is 5.04. The fourth-order valence-electron chi connectivity index (χ4n) is 3.15. The number of ether oxygens (including phenoxy) is 1. The molecule has 4 rings (SSSR count). The van der Waals surface area contributed by atoms with Crippen LogP contribution in [0.1, 0.15) is 36.9 Å². The Bertz CT molecular complexity index is 1360. The molecule has 0 saturated heterocycles. The number of carbonyl (C=O) groups excluding carboxylic acids is 2. The van der Waals surface area contributed by atoms with Crippen LogP contribution >= 0.6 is 0 Å². The molecule has 3 N–H and O–H groups in total. The Morgan fingerprint density at radius 1 is 0.833 bits per heavy atom. The largest absolute Gasteiger partial charge is 0.457 e. The number of halogens is 1. The Kier molecular flexibility index (Phi) is 7.00. The minimum atomic E-state index is -0.461. The van der Waals surface area contributed by atoms with Crippen molar-refractivity contribution >= 4 is 29.1 Å². The molecule has 4 aromatic rings. The molecule has 8 nitrogen and oxygen atoms in total. The van der Waals surface area contributed by atoms with Gasteiger partial charge in [-0.25, -0.2) is 9.18 Å². The zero-order chi connectivity index (χ0) is 25.7. The molecule has 0 spiro atoms. The molecule has 1 aromatic heterocycles. The summed E-state index contributed by atoms with van der Waals surface area (Å²) in [5.74, 6) is 1.23. The van der Waals surface area contributed by atoms with Crippen molar-refractivity contribution in [2.24, 2.45) is 0 Å². The van der Waals surface area contributed by atoms with Crippen molar-refractivity contribution in [1.82, 2.24) is 5.16 Å². The summed E-state index contributed by atoms with van der Waals surface area (Å²) in [4.78, 5) is 24.8. The van der Waals surface area contributed by atoms with Crippen LogP contribution < -0.4 is 20.7 Å². The number of nitrogens with one attached hydrogen (secondary N) is 3. The zero-order valence-electron chi connectivity index (χ0n) is 20.0. The van der Waals surface area contributed by atoms with Crippen molar-refractivity contribution in [3.63, 3.8) is 0 Å². The van der Waals surface area contributed by atoms with Crippen molar-refractivity contribution in [2.45, 2.75) is 26.2 Å². The van der Waals surface area contributed by atoms with E-state index in [0.717, 1.165) is 0 Å². The van der Waals surface area contributed by atoms with Gasteiger partial charge in [-0.05, 0) is 66.7 Å². The molecule has 3 amide bonds. The van der Waals surface area contributed by atoms with Crippen molar-refractivity contribution in [3.8, 4) is 11.5 Å². The van der Waals surface area contributed by atoms with Gasteiger partial charge in [0.2, 0.25) is 0 Å². The summed E-state index contributed by atoms with van der Waals surface area (Å²) in [5, 5.41) is 11.9. The maximum absolute atomic E-state index is 13.1. The van der Waals surface area contributed by atoms with E-state index < -0.39 is 6.03 Å². The predicted octanol–water partition coefficient (Wildman–Crippen LogP) is 6.80. The standard InChI is InChI=1S/C27H25FN4O4/c1-27(2,3)23-16-24(32-36-23)31-26(34)30-20-11-13-21(14-12-20)35-22-6-4-5-17(15-22)25(33)29-19-9-7-18(28)8-10-19/h4-16H,1-3H3,(H,29,33)(H2,30,31,32,34). The second kappa shape index (κ2) is 10.3. The van der Waals surface area contributed by atoms with Gasteiger partial charge in [0.15, 0.2) is 5.82 Å². The molecular formula is C27H25FN4O4. The third-order valence-electron chi connectivity index (χ3n) is 5.04. The second-order valence-corrected chi connectivity index (χ2v) is 9.02. The Morgan fingerprint density at radius 2 is 1.50 bits per heavy atom. The molecule has 0 aliphatic carbocycles. The van der Waals surface area contributed by atoms with Crippen LogP contribution in [-0.2, 0) is 5.41 Å². The Morgan fingerprint density at radius 3 is 2.17 bits per heavy atom. The van der Waals surface area contributed by atoms with Gasteiger partial charge in [-0.1, -0.05) is 32.0 Å². The first-order valence-corrected chi connectivity index (χ1v) is 11.2. The number of anilines is 3. The molecule has 0 atom stereocenters. The average molecular weight is 489 g/mol. The molecule has 36 heavy (non-hydrogen) atoms. The quantitative estimate of drug-likeness (QED) is 0.277. The van der Waals surface area contributed by atoms with Gasteiger partial charge in [0.1, 0.15) is 23.1 Å². The van der Waals surface area contributed by atoms with Crippen LogP contribution in [0.25, 0.3) is 0 Å². The highest BCUT2D eigenvalue weighted by Crippen LogP contribution is 2.26. The number of nitrogens with zero attached hydrogens (tertiary/aromatic N) is 1. The first-order chi connectivity index (χ1) is 17.2. The van der Waals surface area contributed by atoms with Crippen LogP contribution in [0.2, 0.25) is 0 Å². The van der Waals surface area contributed by atoms with Gasteiger partial charge in [-0.15, -0.1) is 0 Å². The van der Waals surface area contributed by atoms with E-state index in [4.69, 9.17) is 9.26 Å². The van der Waals surface area contributed by atoms with Crippen molar-refractivity contribution < 1.29 is 23.2 Å². The molecule has 0 fully saturated rings. The number of urea groups is 1. The maximum Gasteiger partial charge on any atom is 0.324 e. The highest BCUT2D eigenvalue weighted by atomic mass is 19.1. The van der Waals surface area contributed by atoms with E-state index >= 15 is 0 Å². The van der Waals surface area contributed by atoms with E-state index in [-0.39, 0.29) is 17.1 Å². The Hall–Kier alpha value is -4.66. The average Bonchev–Trinajstić information content (AvgIpc) is 3.31. The van der Waals surface area contributed by atoms with Crippen LogP contribution in [0.4, 0.5) is 26.4 Å². The second-order valence-electron chi connectivity index (χ2n) is 9.02. The Labute approximate surface area is 207 Å². The monoisotopic (exact) mass is 488 g/mol. The van der Waals surface area contributed by atoms with E-state index in [9.17, 15) is 14.0 Å². The summed E-state index contributed by atoms with van der Waals surface area (Å²) in [7, 11) is 0. The summed E-state index contributed by atoms with van der Waals surface area (Å²) >= 11 is 0. The van der Waals surface area contributed by atoms with E-state index in [0.29, 0.717) is 40.0 Å². The van der Waals surface area contributed by atoms with Crippen LogP contribution in [0.3, 0.4) is 0 Å². The molecule has 0 aliphatic heterocycles. The van der Waals surface area contributed by atoms with Gasteiger partial charge in [0.05, 0.1) is 0 Å². The molecule has 0 radical (unpaired) electrons. The highest BCUT2D eigenvalue weighted by molar-refractivity contribution is 6.04. The summed E-state index contributed by atoms with van der Waals surface area (Å²) in [5.41, 5.74) is 1.20. The topological polar surface area (TPSA) is 105 Å². The smallest absolute Gasteiger partial charge is 0.324 e. The fraction of sp³-hybridized carbons (Fsp3) is 0.148. The molecule has 0 aliphatic rings. The summed E-state index contributed by atoms with van der Waals surface area (Å²) < 4.78 is 24.2. The first kappa shape index (κ1) is 24.5. The number of hydrogen-bond acceptors (Lipinski definition) is 5. The lowest BCUT2D eigenvalue weighted by Crippen LogP contribution is -2.19. The SMILES string of the molecule is CC(C)(C)c1cc(NC(=O)Nc2ccc(Oc3cccc(C(=O)Nc4ccc(F)cc4)c3)cc2)no1. The fourth-order valence-corrected chi connectivity index (χ4v) is 3.15. The van der Waals surface area contributed by atoms with Crippen LogP contribution in [-0.4, -0.2) is 17.1 Å². The lowest BCUT2D eigenvalue weighted by atomic mass is 9.93. The Balaban J connectivity index is 1.33. The number of benzene rings is 3. The lowest BCUT2D eigenvalue weighted by molar-refractivity contribution is 0.102. The van der Waals surface area contributed by atoms with E-state index in [1.165, 1.54) is 24.3 Å². The maximum atomic E-state index is 13.1. The minimum Gasteiger partial charge on any atom is -0.457 e. The normalized spacial score (nSPS) is 11.0. The molecular weight excluding hydrogens is 463 g/mol. The van der Waals surface area contributed by atoms with Gasteiger partial charge in [0.25, 0.3) is 5.91 Å². The van der Waals surface area contributed by atoms with Gasteiger partial charge >= 0.3 is 6.03 Å². The number of aromatic nitrogens is 1. The van der Waals surface area contributed by atoms with Crippen molar-refractivity contribution in [3.05, 3.63) is 96.0 Å². The zero-order valence-corrected chi connectivity index (χ0v) is 20.0. The van der Waals surface area contributed by atoms with E-state index in [1.54, 1.807) is 54.6 Å². The molecule has 9 heteroatoms. The number of rotatable bonds is 6. The predicted molar refractivity (Wildman–Crippen MR) is 135 cm³/mol. The molecule has 1 heterocycles. The van der Waals surface area contributed by atoms with Gasteiger partial charge in [-0.2, -0.15) is 0 Å². The molecule has 3 aromatic carbocycles. The third kappa shape index (κ3) is 6.47. The van der Waals surface area contributed by atoms with Gasteiger partial charge in [-0.3, -0.25) is 10.1 Å². The lowest BCUT2D eigenvalue weighted by Gasteiger charge is -2.12. The van der Waals surface area contributed by atoms with Gasteiger partial charge in [0, 0.05) is 28.4 Å². The van der Waals surface area contributed by atoms with E-state index in [1.807, 2.05) is 20.8 Å². The summed E-state index contributed by atoms with van der Waals surface area (Å²) in [6.07, 6.45) is 0. The van der Waals surface area contributed by atoms with E-state index in [2.05, 4.69) is 21.1 Å². The summed E-state index contributed by atoms with van der Waals surface area (Å²) in [6.45, 7) is 5.96. The van der Waals surface area contributed by atoms with Crippen molar-refractivity contribution in [2.75, 3.05) is 16.0 Å². The number of hydrogen-bond donors (Lipinski definition) is 3. The minimum absolute atomic E-state index is 0.217. The van der Waals surface area contributed by atoms with Crippen LogP contribution in [0.5, 0.6) is 11.5 Å². The summed E-state index contributed by atoms with van der Waals surface area (Å²) in [6, 6.07) is 20.2. The number of carbonyl (C=O) groups is 2.